The highest BCUT2D eigenvalue weighted by molar-refractivity contribution is 6.27. The monoisotopic (exact) mass is 228 g/mol. The van der Waals surface area contributed by atoms with Crippen molar-refractivity contribution in [1.82, 2.24) is 0 Å². The molecule has 0 aromatic heterocycles. The molecule has 3 heteroatoms. The molecule has 0 unspecified atom stereocenters. The van der Waals surface area contributed by atoms with Gasteiger partial charge in [-0.15, -0.1) is 0 Å². The average molecular weight is 228 g/mol. The number of hydrogen-bond acceptors (Lipinski definition) is 3. The minimum atomic E-state index is -0.0536. The normalized spacial score (nSPS) is 23.5. The van der Waals surface area contributed by atoms with Crippen molar-refractivity contribution in [2.45, 2.75) is 19.4 Å². The smallest absolute Gasteiger partial charge is 0.192 e. The van der Waals surface area contributed by atoms with Crippen molar-refractivity contribution in [1.29, 1.82) is 0 Å². The number of Topliss-reactive ketones (excluding diaryl/α,β-unsaturated/α-hetero) is 2. The van der Waals surface area contributed by atoms with E-state index in [1.54, 1.807) is 24.3 Å². The molecule has 2 aliphatic rings. The van der Waals surface area contributed by atoms with Crippen LogP contribution in [0.4, 0.5) is 0 Å². The summed E-state index contributed by atoms with van der Waals surface area (Å²) in [6.45, 7) is 2.18. The molecular weight excluding hydrogens is 216 g/mol. The first kappa shape index (κ1) is 10.4. The second kappa shape index (κ2) is 3.64. The first-order valence-electron chi connectivity index (χ1n) is 5.70. The first-order valence-corrected chi connectivity index (χ1v) is 5.70. The molecule has 3 rings (SSSR count). The molecule has 1 heterocycles. The van der Waals surface area contributed by atoms with Crippen LogP contribution in [0.1, 0.15) is 34.1 Å². The molecule has 86 valence electrons. The highest BCUT2D eigenvalue weighted by atomic mass is 16.5. The summed E-state index contributed by atoms with van der Waals surface area (Å²) in [5.41, 5.74) is 2.24. The zero-order valence-electron chi connectivity index (χ0n) is 9.53. The Morgan fingerprint density at radius 3 is 2.29 bits per heavy atom. The summed E-state index contributed by atoms with van der Waals surface area (Å²) in [6.07, 6.45) is 0.546. The largest absolute Gasteiger partial charge is 0.373 e. The fourth-order valence-corrected chi connectivity index (χ4v) is 2.42. The van der Waals surface area contributed by atoms with E-state index in [2.05, 4.69) is 0 Å². The molecule has 0 bridgehead atoms. The summed E-state index contributed by atoms with van der Waals surface area (Å²) in [4.78, 5) is 24.5. The van der Waals surface area contributed by atoms with E-state index in [1.807, 2.05) is 6.92 Å². The molecule has 0 spiro atoms. The highest BCUT2D eigenvalue weighted by Crippen LogP contribution is 2.32. The van der Waals surface area contributed by atoms with E-state index in [4.69, 9.17) is 4.74 Å². The maximum atomic E-state index is 12.3. The summed E-state index contributed by atoms with van der Waals surface area (Å²) < 4.78 is 5.45. The van der Waals surface area contributed by atoms with Gasteiger partial charge < -0.3 is 4.74 Å². The lowest BCUT2D eigenvalue weighted by Gasteiger charge is -2.28. The van der Waals surface area contributed by atoms with Gasteiger partial charge in [0.2, 0.25) is 0 Å². The molecule has 0 radical (unpaired) electrons. The van der Waals surface area contributed by atoms with Crippen LogP contribution in [0.5, 0.6) is 0 Å². The van der Waals surface area contributed by atoms with Gasteiger partial charge in [0.1, 0.15) is 0 Å². The van der Waals surface area contributed by atoms with Crippen molar-refractivity contribution >= 4 is 11.6 Å². The molecule has 0 saturated carbocycles. The number of carbonyl (C=O) groups excluding carboxylic acids is 2. The third kappa shape index (κ3) is 1.46. The molecule has 17 heavy (non-hydrogen) atoms. The Kier molecular flexibility index (Phi) is 2.23. The Hall–Kier alpha value is -1.74. The molecule has 1 aromatic rings. The van der Waals surface area contributed by atoms with Gasteiger partial charge in [-0.05, 0) is 6.92 Å². The maximum Gasteiger partial charge on any atom is 0.192 e. The summed E-state index contributed by atoms with van der Waals surface area (Å²) in [5.74, 6) is -0.0625. The number of carbonyl (C=O) groups is 2. The van der Waals surface area contributed by atoms with Crippen LogP contribution in [0.25, 0.3) is 0 Å². The fraction of sp³-hybridized carbons (Fsp3) is 0.286. The summed E-state index contributed by atoms with van der Waals surface area (Å²) in [6, 6.07) is 7.00. The third-order valence-corrected chi connectivity index (χ3v) is 3.33. The Bertz CT molecular complexity index is 554. The molecule has 0 fully saturated rings. The van der Waals surface area contributed by atoms with Crippen LogP contribution in [0.3, 0.4) is 0 Å². The van der Waals surface area contributed by atoms with Crippen molar-refractivity contribution in [3.63, 3.8) is 0 Å². The van der Waals surface area contributed by atoms with E-state index in [9.17, 15) is 9.59 Å². The number of benzene rings is 1. The van der Waals surface area contributed by atoms with Gasteiger partial charge in [-0.1, -0.05) is 24.3 Å². The third-order valence-electron chi connectivity index (χ3n) is 3.33. The molecule has 0 saturated heterocycles. The van der Waals surface area contributed by atoms with E-state index >= 15 is 0 Å². The van der Waals surface area contributed by atoms with Gasteiger partial charge in [0, 0.05) is 28.7 Å². The predicted octanol–water partition coefficient (Wildman–Crippen LogP) is 2.17. The zero-order chi connectivity index (χ0) is 12.0. The quantitative estimate of drug-likeness (QED) is 0.683. The molecule has 0 N–H and O–H groups in total. The summed E-state index contributed by atoms with van der Waals surface area (Å²) in [5, 5.41) is 0. The van der Waals surface area contributed by atoms with Gasteiger partial charge >= 0.3 is 0 Å². The van der Waals surface area contributed by atoms with Crippen LogP contribution in [0.15, 0.2) is 35.4 Å². The second-order valence-electron chi connectivity index (χ2n) is 4.49. The van der Waals surface area contributed by atoms with Crippen molar-refractivity contribution in [2.24, 2.45) is 0 Å². The molecule has 1 aliphatic heterocycles. The number of ketones is 2. The van der Waals surface area contributed by atoms with Crippen LogP contribution >= 0.6 is 0 Å². The number of rotatable bonds is 0. The van der Waals surface area contributed by atoms with E-state index in [1.165, 1.54) is 0 Å². The number of fused-ring (bicyclic) bond motifs is 1. The Labute approximate surface area is 99.1 Å². The highest BCUT2D eigenvalue weighted by Gasteiger charge is 2.34. The van der Waals surface area contributed by atoms with Gasteiger partial charge in [-0.3, -0.25) is 9.59 Å². The van der Waals surface area contributed by atoms with Gasteiger partial charge in [0.25, 0.3) is 0 Å². The lowest BCUT2D eigenvalue weighted by atomic mass is 9.81. The summed E-state index contributed by atoms with van der Waals surface area (Å²) in [7, 11) is 0. The SMILES string of the molecule is C[C@H]1CC2=C(CO1)C(=O)c1ccccc1C2=O. The fourth-order valence-electron chi connectivity index (χ4n) is 2.42. The molecule has 1 aromatic carbocycles. The van der Waals surface area contributed by atoms with Crippen LogP contribution in [0, 0.1) is 0 Å². The van der Waals surface area contributed by atoms with Crippen molar-refractivity contribution in [2.75, 3.05) is 6.61 Å². The minimum Gasteiger partial charge on any atom is -0.373 e. The van der Waals surface area contributed by atoms with Crippen molar-refractivity contribution in [3.05, 3.63) is 46.5 Å². The van der Waals surface area contributed by atoms with E-state index in [0.717, 1.165) is 0 Å². The van der Waals surface area contributed by atoms with Gasteiger partial charge in [0.15, 0.2) is 11.6 Å². The zero-order valence-corrected chi connectivity index (χ0v) is 9.53. The van der Waals surface area contributed by atoms with Crippen LogP contribution in [-0.2, 0) is 4.74 Å². The van der Waals surface area contributed by atoms with E-state index in [-0.39, 0.29) is 24.3 Å². The molecule has 1 atom stereocenters. The van der Waals surface area contributed by atoms with E-state index < -0.39 is 0 Å². The second-order valence-corrected chi connectivity index (χ2v) is 4.49. The van der Waals surface area contributed by atoms with E-state index in [0.29, 0.717) is 28.7 Å². The maximum absolute atomic E-state index is 12.3. The molecular formula is C14H12O3. The van der Waals surface area contributed by atoms with Crippen LogP contribution in [0.2, 0.25) is 0 Å². The standard InChI is InChI=1S/C14H12O3/c1-8-6-11-12(7-17-8)14(16)10-5-3-2-4-9(10)13(11)15/h2-5,8H,6-7H2,1H3/t8-/m0/s1. The molecule has 3 nitrogen and oxygen atoms in total. The Morgan fingerprint density at radius 1 is 1.06 bits per heavy atom. The van der Waals surface area contributed by atoms with Gasteiger partial charge in [-0.2, -0.15) is 0 Å². The average Bonchev–Trinajstić information content (AvgIpc) is 2.36. The van der Waals surface area contributed by atoms with Crippen molar-refractivity contribution in [3.8, 4) is 0 Å². The van der Waals surface area contributed by atoms with Crippen molar-refractivity contribution < 1.29 is 14.3 Å². The Balaban J connectivity index is 2.17. The number of hydrogen-bond donors (Lipinski definition) is 0. The van der Waals surface area contributed by atoms with Crippen LogP contribution < -0.4 is 0 Å². The number of ether oxygens (including phenoxy) is 1. The van der Waals surface area contributed by atoms with Gasteiger partial charge in [0.05, 0.1) is 12.7 Å². The minimum absolute atomic E-state index is 0.00894. The Morgan fingerprint density at radius 2 is 1.65 bits per heavy atom. The van der Waals surface area contributed by atoms with Gasteiger partial charge in [-0.25, -0.2) is 0 Å². The lowest BCUT2D eigenvalue weighted by molar-refractivity contribution is 0.0616. The molecule has 1 aliphatic carbocycles. The predicted molar refractivity (Wildman–Crippen MR) is 62.2 cm³/mol. The topological polar surface area (TPSA) is 43.4 Å². The van der Waals surface area contributed by atoms with Crippen LogP contribution in [-0.4, -0.2) is 24.3 Å². The molecule has 0 amide bonds. The summed E-state index contributed by atoms with van der Waals surface area (Å²) >= 11 is 0. The lowest BCUT2D eigenvalue weighted by Crippen LogP contribution is -2.31. The first-order chi connectivity index (χ1) is 8.18.